The lowest BCUT2D eigenvalue weighted by atomic mass is 10.2. The summed E-state index contributed by atoms with van der Waals surface area (Å²) < 4.78 is 2.17. The van der Waals surface area contributed by atoms with Crippen molar-refractivity contribution in [3.05, 3.63) is 29.6 Å². The Morgan fingerprint density at radius 1 is 1.50 bits per heavy atom. The summed E-state index contributed by atoms with van der Waals surface area (Å²) in [6, 6.07) is 5.16. The van der Waals surface area contributed by atoms with E-state index in [0.29, 0.717) is 10.8 Å². The van der Waals surface area contributed by atoms with Gasteiger partial charge in [0.25, 0.3) is 0 Å². The third kappa shape index (κ3) is 2.98. The van der Waals surface area contributed by atoms with Crippen molar-refractivity contribution in [1.29, 1.82) is 0 Å². The molecule has 1 unspecified atom stereocenters. The Balaban J connectivity index is 2.54. The zero-order valence-corrected chi connectivity index (χ0v) is 12.9. The van der Waals surface area contributed by atoms with Crippen LogP contribution in [0.1, 0.15) is 36.5 Å². The molecule has 0 saturated heterocycles. The van der Waals surface area contributed by atoms with E-state index in [2.05, 4.69) is 29.7 Å². The van der Waals surface area contributed by atoms with Crippen LogP contribution in [0.15, 0.2) is 18.2 Å². The highest BCUT2D eigenvalue weighted by Crippen LogP contribution is 2.21. The molecular weight excluding hydrogens is 272 g/mol. The molecule has 1 atom stereocenters. The SMILES string of the molecule is CCCc1nc2ccc(C(=O)O)cc2n1CC(C)SC. The van der Waals surface area contributed by atoms with Crippen LogP contribution in [0.4, 0.5) is 0 Å². The first-order valence-electron chi connectivity index (χ1n) is 6.82. The highest BCUT2D eigenvalue weighted by atomic mass is 32.2. The highest BCUT2D eigenvalue weighted by molar-refractivity contribution is 7.99. The Morgan fingerprint density at radius 2 is 2.25 bits per heavy atom. The van der Waals surface area contributed by atoms with E-state index in [4.69, 9.17) is 5.11 Å². The second kappa shape index (κ2) is 6.31. The van der Waals surface area contributed by atoms with Crippen LogP contribution in [0.5, 0.6) is 0 Å². The fourth-order valence-electron chi connectivity index (χ4n) is 2.26. The fraction of sp³-hybridized carbons (Fsp3) is 0.467. The number of thioether (sulfide) groups is 1. The van der Waals surface area contributed by atoms with E-state index in [-0.39, 0.29) is 0 Å². The molecule has 1 aromatic heterocycles. The summed E-state index contributed by atoms with van der Waals surface area (Å²) in [5.41, 5.74) is 2.12. The number of aromatic carboxylic acids is 1. The number of benzene rings is 1. The van der Waals surface area contributed by atoms with Crippen LogP contribution >= 0.6 is 11.8 Å². The number of carboxylic acid groups (broad SMARTS) is 1. The van der Waals surface area contributed by atoms with Gasteiger partial charge in [-0.15, -0.1) is 0 Å². The van der Waals surface area contributed by atoms with E-state index >= 15 is 0 Å². The Labute approximate surface area is 123 Å². The molecular formula is C15H20N2O2S. The van der Waals surface area contributed by atoms with Gasteiger partial charge in [-0.3, -0.25) is 0 Å². The summed E-state index contributed by atoms with van der Waals surface area (Å²) in [6.45, 7) is 5.16. The molecule has 0 spiro atoms. The van der Waals surface area contributed by atoms with Crippen LogP contribution in [-0.4, -0.2) is 32.1 Å². The lowest BCUT2D eigenvalue weighted by Gasteiger charge is -2.13. The summed E-state index contributed by atoms with van der Waals surface area (Å²) in [4.78, 5) is 15.8. The molecule has 2 rings (SSSR count). The number of nitrogens with zero attached hydrogens (tertiary/aromatic N) is 2. The zero-order chi connectivity index (χ0) is 14.7. The van der Waals surface area contributed by atoms with Crippen molar-refractivity contribution < 1.29 is 9.90 Å². The lowest BCUT2D eigenvalue weighted by molar-refractivity contribution is 0.0697. The van der Waals surface area contributed by atoms with Gasteiger partial charge in [-0.2, -0.15) is 11.8 Å². The first-order chi connectivity index (χ1) is 9.56. The summed E-state index contributed by atoms with van der Waals surface area (Å²) in [7, 11) is 0. The molecule has 5 heteroatoms. The van der Waals surface area contributed by atoms with Gasteiger partial charge in [0.05, 0.1) is 16.6 Å². The predicted octanol–water partition coefficient (Wildman–Crippen LogP) is 3.44. The molecule has 4 nitrogen and oxygen atoms in total. The van der Waals surface area contributed by atoms with Crippen molar-refractivity contribution in [3.8, 4) is 0 Å². The number of aryl methyl sites for hydroxylation is 1. The van der Waals surface area contributed by atoms with Gasteiger partial charge in [0.1, 0.15) is 5.82 Å². The maximum atomic E-state index is 11.1. The number of carboxylic acids is 1. The van der Waals surface area contributed by atoms with Crippen molar-refractivity contribution in [2.75, 3.05) is 6.26 Å². The van der Waals surface area contributed by atoms with Crippen LogP contribution in [0.2, 0.25) is 0 Å². The van der Waals surface area contributed by atoms with Gasteiger partial charge in [-0.1, -0.05) is 13.8 Å². The molecule has 0 amide bonds. The third-order valence-electron chi connectivity index (χ3n) is 3.39. The molecule has 0 aliphatic heterocycles. The quantitative estimate of drug-likeness (QED) is 0.886. The molecule has 0 saturated carbocycles. The van der Waals surface area contributed by atoms with E-state index in [1.165, 1.54) is 0 Å². The van der Waals surface area contributed by atoms with E-state index in [1.54, 1.807) is 30.0 Å². The maximum Gasteiger partial charge on any atom is 0.335 e. The van der Waals surface area contributed by atoms with Gasteiger partial charge in [-0.25, -0.2) is 9.78 Å². The average molecular weight is 292 g/mol. The molecule has 0 aliphatic carbocycles. The largest absolute Gasteiger partial charge is 0.478 e. The first kappa shape index (κ1) is 14.9. The number of imidazole rings is 1. The maximum absolute atomic E-state index is 11.1. The molecule has 0 fully saturated rings. The highest BCUT2D eigenvalue weighted by Gasteiger charge is 2.14. The Morgan fingerprint density at radius 3 is 2.85 bits per heavy atom. The summed E-state index contributed by atoms with van der Waals surface area (Å²) >= 11 is 1.80. The third-order valence-corrected chi connectivity index (χ3v) is 4.34. The lowest BCUT2D eigenvalue weighted by Crippen LogP contribution is -2.12. The summed E-state index contributed by atoms with van der Waals surface area (Å²) in [5, 5.41) is 9.61. The summed E-state index contributed by atoms with van der Waals surface area (Å²) in [5.74, 6) is 0.153. The number of hydrogen-bond acceptors (Lipinski definition) is 3. The fourth-order valence-corrected chi connectivity index (χ4v) is 2.55. The van der Waals surface area contributed by atoms with Gasteiger partial charge in [0.15, 0.2) is 0 Å². The molecule has 1 aromatic carbocycles. The second-order valence-electron chi connectivity index (χ2n) is 4.94. The Kier molecular flexibility index (Phi) is 4.70. The van der Waals surface area contributed by atoms with E-state index in [1.807, 2.05) is 0 Å². The molecule has 0 bridgehead atoms. The number of fused-ring (bicyclic) bond motifs is 1. The number of aromatic nitrogens is 2. The minimum atomic E-state index is -0.894. The molecule has 20 heavy (non-hydrogen) atoms. The van der Waals surface area contributed by atoms with E-state index in [0.717, 1.165) is 36.2 Å². The van der Waals surface area contributed by atoms with Crippen LogP contribution in [-0.2, 0) is 13.0 Å². The van der Waals surface area contributed by atoms with Crippen LogP contribution in [0.25, 0.3) is 11.0 Å². The smallest absolute Gasteiger partial charge is 0.335 e. The molecule has 1 heterocycles. The molecule has 108 valence electrons. The number of carbonyl (C=O) groups is 1. The van der Waals surface area contributed by atoms with Gasteiger partial charge in [0.2, 0.25) is 0 Å². The van der Waals surface area contributed by atoms with E-state index in [9.17, 15) is 4.79 Å². The average Bonchev–Trinajstić information content (AvgIpc) is 2.76. The molecule has 2 aromatic rings. The monoisotopic (exact) mass is 292 g/mol. The van der Waals surface area contributed by atoms with Crippen molar-refractivity contribution in [3.63, 3.8) is 0 Å². The van der Waals surface area contributed by atoms with Crippen LogP contribution < -0.4 is 0 Å². The Bertz CT molecular complexity index is 622. The van der Waals surface area contributed by atoms with Crippen molar-refractivity contribution >= 4 is 28.8 Å². The number of hydrogen-bond donors (Lipinski definition) is 1. The van der Waals surface area contributed by atoms with Crippen molar-refractivity contribution in [1.82, 2.24) is 9.55 Å². The standard InChI is InChI=1S/C15H20N2O2S/c1-4-5-14-16-12-7-6-11(15(18)19)8-13(12)17(14)9-10(2)20-3/h6-8,10H,4-5,9H2,1-3H3,(H,18,19). The van der Waals surface area contributed by atoms with Gasteiger partial charge < -0.3 is 9.67 Å². The zero-order valence-electron chi connectivity index (χ0n) is 12.1. The van der Waals surface area contributed by atoms with Crippen molar-refractivity contribution in [2.45, 2.75) is 38.5 Å². The van der Waals surface area contributed by atoms with Crippen LogP contribution in [0.3, 0.4) is 0 Å². The molecule has 1 N–H and O–H groups in total. The second-order valence-corrected chi connectivity index (χ2v) is 6.22. The normalized spacial score (nSPS) is 12.8. The van der Waals surface area contributed by atoms with E-state index < -0.39 is 5.97 Å². The molecule has 0 radical (unpaired) electrons. The van der Waals surface area contributed by atoms with Crippen LogP contribution in [0, 0.1) is 0 Å². The molecule has 0 aliphatic rings. The van der Waals surface area contributed by atoms with Gasteiger partial charge in [0, 0.05) is 18.2 Å². The van der Waals surface area contributed by atoms with Crippen molar-refractivity contribution in [2.24, 2.45) is 0 Å². The number of rotatable bonds is 6. The van der Waals surface area contributed by atoms with Gasteiger partial charge in [-0.05, 0) is 30.9 Å². The first-order valence-corrected chi connectivity index (χ1v) is 8.10. The van der Waals surface area contributed by atoms with Gasteiger partial charge >= 0.3 is 5.97 Å². The topological polar surface area (TPSA) is 55.1 Å². The minimum Gasteiger partial charge on any atom is -0.478 e. The summed E-state index contributed by atoms with van der Waals surface area (Å²) in [6.07, 6.45) is 4.03. The minimum absolute atomic E-state index is 0.318. The predicted molar refractivity (Wildman–Crippen MR) is 83.7 cm³/mol. The Hall–Kier alpha value is -1.49.